The first kappa shape index (κ1) is 23.6. The van der Waals surface area contributed by atoms with Crippen LogP contribution in [0.1, 0.15) is 27.7 Å². The average Bonchev–Trinajstić information content (AvgIpc) is 1.94. The van der Waals surface area contributed by atoms with Crippen molar-refractivity contribution < 1.29 is 127 Å². The van der Waals surface area contributed by atoms with Crippen LogP contribution in [-0.4, -0.2) is 26.0 Å². The molecular formula is C8H15BK2O5. The summed E-state index contributed by atoms with van der Waals surface area (Å²) in [6.45, 7) is 9.32. The van der Waals surface area contributed by atoms with Crippen molar-refractivity contribution in [2.24, 2.45) is 5.41 Å². The standard InChI is InChI=1S/C7H15BO2.CH2O3.2K/c1-6(2)5-9-8-10-7(6,3)4;2-1(3)4;;/h8H,5H2,1-4H3;(H2,2,3,4);;/q;;2*+1/p-2. The van der Waals surface area contributed by atoms with E-state index in [9.17, 15) is 0 Å². The van der Waals surface area contributed by atoms with Crippen molar-refractivity contribution in [1.82, 2.24) is 0 Å². The van der Waals surface area contributed by atoms with Gasteiger partial charge in [-0.1, -0.05) is 13.8 Å². The molecule has 16 heavy (non-hydrogen) atoms. The van der Waals surface area contributed by atoms with Gasteiger partial charge >= 0.3 is 110 Å². The largest absolute Gasteiger partial charge is 1.00 e. The van der Waals surface area contributed by atoms with Gasteiger partial charge in [-0.2, -0.15) is 0 Å². The van der Waals surface area contributed by atoms with Gasteiger partial charge in [-0.05, 0) is 20.0 Å². The van der Waals surface area contributed by atoms with E-state index in [2.05, 4.69) is 27.7 Å². The zero-order chi connectivity index (χ0) is 11.4. The Balaban J connectivity index is -0.000000249. The number of carbonyl (C=O) groups is 1. The van der Waals surface area contributed by atoms with E-state index in [4.69, 9.17) is 24.3 Å². The van der Waals surface area contributed by atoms with Crippen LogP contribution < -0.4 is 113 Å². The van der Waals surface area contributed by atoms with E-state index >= 15 is 0 Å². The van der Waals surface area contributed by atoms with E-state index in [0.717, 1.165) is 6.61 Å². The molecule has 82 valence electrons. The first-order valence-corrected chi connectivity index (χ1v) is 4.29. The van der Waals surface area contributed by atoms with Gasteiger partial charge in [-0.3, -0.25) is 0 Å². The maximum Gasteiger partial charge on any atom is 1.00 e. The Morgan fingerprint density at radius 1 is 1.19 bits per heavy atom. The van der Waals surface area contributed by atoms with Crippen molar-refractivity contribution in [1.29, 1.82) is 0 Å². The number of carboxylic acid groups (broad SMARTS) is 2. The van der Waals surface area contributed by atoms with Gasteiger partial charge in [0, 0.05) is 12.0 Å². The molecule has 0 amide bonds. The third kappa shape index (κ3) is 9.46. The molecule has 1 fully saturated rings. The van der Waals surface area contributed by atoms with Gasteiger partial charge < -0.3 is 24.3 Å². The fraction of sp³-hybridized carbons (Fsp3) is 0.875. The maximum absolute atomic E-state index is 8.33. The van der Waals surface area contributed by atoms with E-state index in [0.29, 0.717) is 7.69 Å². The molecule has 0 atom stereocenters. The van der Waals surface area contributed by atoms with Gasteiger partial charge in [0.25, 0.3) is 0 Å². The van der Waals surface area contributed by atoms with Crippen LogP contribution in [0.4, 0.5) is 4.79 Å². The van der Waals surface area contributed by atoms with E-state index in [1.807, 2.05) is 0 Å². The Morgan fingerprint density at radius 3 is 1.75 bits per heavy atom. The molecule has 0 bridgehead atoms. The van der Waals surface area contributed by atoms with Crippen LogP contribution >= 0.6 is 0 Å². The molecule has 0 N–H and O–H groups in total. The molecule has 8 heteroatoms. The quantitative estimate of drug-likeness (QED) is 0.412. The third-order valence-corrected chi connectivity index (χ3v) is 2.60. The summed E-state index contributed by atoms with van der Waals surface area (Å²) in [6, 6.07) is 0. The first-order chi connectivity index (χ1) is 6.19. The molecule has 0 unspecified atom stereocenters. The monoisotopic (exact) mass is 280 g/mol. The van der Waals surface area contributed by atoms with Crippen LogP contribution in [0, 0.1) is 5.41 Å². The van der Waals surface area contributed by atoms with Gasteiger partial charge in [-0.15, -0.1) is 0 Å². The molecule has 1 heterocycles. The SMILES string of the molecule is CC1(C)COBOC1(C)C.O=C([O-])[O-].[K+].[K+]. The van der Waals surface area contributed by atoms with Crippen molar-refractivity contribution in [3.63, 3.8) is 0 Å². The summed E-state index contributed by atoms with van der Waals surface area (Å²) < 4.78 is 10.7. The minimum Gasteiger partial charge on any atom is -0.652 e. The molecule has 1 saturated heterocycles. The fourth-order valence-corrected chi connectivity index (χ4v) is 0.855. The summed E-state index contributed by atoms with van der Waals surface area (Å²) in [5.74, 6) is 0. The van der Waals surface area contributed by atoms with Crippen LogP contribution in [0.25, 0.3) is 0 Å². The van der Waals surface area contributed by atoms with Gasteiger partial charge in [0.05, 0.1) is 5.60 Å². The maximum atomic E-state index is 8.33. The Hall–Kier alpha value is 2.53. The zero-order valence-electron chi connectivity index (χ0n) is 11.0. The van der Waals surface area contributed by atoms with Crippen LogP contribution in [0.2, 0.25) is 0 Å². The minimum atomic E-state index is -2.33. The summed E-state index contributed by atoms with van der Waals surface area (Å²) in [4.78, 5) is 8.33. The molecule has 0 radical (unpaired) electrons. The Bertz CT molecular complexity index is 191. The number of hydrogen-bond donors (Lipinski definition) is 0. The Kier molecular flexibility index (Phi) is 15.2. The predicted molar refractivity (Wildman–Crippen MR) is 47.4 cm³/mol. The van der Waals surface area contributed by atoms with Crippen LogP contribution in [0.3, 0.4) is 0 Å². The number of rotatable bonds is 0. The Labute approximate surface area is 182 Å². The molecule has 1 rings (SSSR count). The molecule has 1 aliphatic heterocycles. The molecule has 0 aromatic rings. The third-order valence-electron chi connectivity index (χ3n) is 2.60. The minimum absolute atomic E-state index is 0. The molecule has 1 aliphatic rings. The molecular weight excluding hydrogens is 265 g/mol. The van der Waals surface area contributed by atoms with Crippen LogP contribution in [-0.2, 0) is 9.31 Å². The van der Waals surface area contributed by atoms with E-state index < -0.39 is 6.16 Å². The zero-order valence-corrected chi connectivity index (χ0v) is 17.2. The fourth-order valence-electron chi connectivity index (χ4n) is 0.855. The van der Waals surface area contributed by atoms with Gasteiger partial charge in [0.15, 0.2) is 0 Å². The molecule has 0 aromatic heterocycles. The van der Waals surface area contributed by atoms with Crippen molar-refractivity contribution >= 4 is 13.8 Å². The van der Waals surface area contributed by atoms with E-state index in [-0.39, 0.29) is 114 Å². The summed E-state index contributed by atoms with van der Waals surface area (Å²) in [5.41, 5.74) is 0.0799. The second kappa shape index (κ2) is 10.3. The predicted octanol–water partition coefficient (Wildman–Crippen LogP) is -7.33. The van der Waals surface area contributed by atoms with Gasteiger partial charge in [0.1, 0.15) is 0 Å². The van der Waals surface area contributed by atoms with Crippen molar-refractivity contribution in [3.8, 4) is 0 Å². The molecule has 5 nitrogen and oxygen atoms in total. The van der Waals surface area contributed by atoms with Crippen molar-refractivity contribution in [2.75, 3.05) is 6.61 Å². The summed E-state index contributed by atoms with van der Waals surface area (Å²) in [5, 5.41) is 16.7. The molecule has 0 aliphatic carbocycles. The number of carbonyl (C=O) groups excluding carboxylic acids is 1. The molecule has 0 aromatic carbocycles. The summed E-state index contributed by atoms with van der Waals surface area (Å²) in [7, 11) is 0.441. The average molecular weight is 280 g/mol. The van der Waals surface area contributed by atoms with Gasteiger partial charge in [-0.25, -0.2) is 0 Å². The van der Waals surface area contributed by atoms with Crippen LogP contribution in [0.15, 0.2) is 0 Å². The second-order valence-corrected chi connectivity index (χ2v) is 4.25. The summed E-state index contributed by atoms with van der Waals surface area (Å²) in [6.07, 6.45) is -2.33. The topological polar surface area (TPSA) is 81.7 Å². The summed E-state index contributed by atoms with van der Waals surface area (Å²) >= 11 is 0. The van der Waals surface area contributed by atoms with Crippen LogP contribution in [0.5, 0.6) is 0 Å². The second-order valence-electron chi connectivity index (χ2n) is 4.25. The molecule has 0 saturated carbocycles. The van der Waals surface area contributed by atoms with Crippen molar-refractivity contribution in [2.45, 2.75) is 33.3 Å². The van der Waals surface area contributed by atoms with E-state index in [1.165, 1.54) is 0 Å². The van der Waals surface area contributed by atoms with Crippen molar-refractivity contribution in [3.05, 3.63) is 0 Å². The van der Waals surface area contributed by atoms with E-state index in [1.54, 1.807) is 0 Å². The van der Waals surface area contributed by atoms with Gasteiger partial charge in [0.2, 0.25) is 0 Å². The Morgan fingerprint density at radius 2 is 1.56 bits per heavy atom. The molecule has 0 spiro atoms. The normalized spacial score (nSPS) is 19.8. The first-order valence-electron chi connectivity index (χ1n) is 4.29. The smallest absolute Gasteiger partial charge is 0.652 e. The number of hydrogen-bond acceptors (Lipinski definition) is 5.